The number of carbonyl (C=O) groups is 1. The van der Waals surface area contributed by atoms with Crippen LogP contribution in [0.5, 0.6) is 0 Å². The lowest BCUT2D eigenvalue weighted by Crippen LogP contribution is -2.62. The quantitative estimate of drug-likeness (QED) is 0.103. The van der Waals surface area contributed by atoms with Gasteiger partial charge in [-0.25, -0.2) is 0 Å². The molecule has 14 atom stereocenters. The lowest BCUT2D eigenvalue weighted by Gasteiger charge is -2.40. The average Bonchev–Trinajstić information content (AvgIpc) is 3.50. The Labute approximate surface area is 269 Å². The van der Waals surface area contributed by atoms with E-state index in [-0.39, 0.29) is 50.5 Å². The number of ether oxygens (including phenoxy) is 5. The Kier molecular flexibility index (Phi) is 18.7. The summed E-state index contributed by atoms with van der Waals surface area (Å²) in [6.45, 7) is 1.45. The zero-order chi connectivity index (χ0) is 34.4. The van der Waals surface area contributed by atoms with E-state index in [2.05, 4.69) is 5.32 Å². The molecule has 18 nitrogen and oxygen atoms in total. The molecule has 3 aliphatic heterocycles. The van der Waals surface area contributed by atoms with E-state index in [1.807, 2.05) is 0 Å². The van der Waals surface area contributed by atoms with E-state index in [1.54, 1.807) is 0 Å². The second kappa shape index (κ2) is 21.0. The fourth-order valence-electron chi connectivity index (χ4n) is 5.59. The molecule has 0 bridgehead atoms. The van der Waals surface area contributed by atoms with Crippen molar-refractivity contribution < 1.29 is 59.1 Å². The molecule has 3 saturated heterocycles. The second-order valence-electron chi connectivity index (χ2n) is 12.0. The van der Waals surface area contributed by atoms with Crippen molar-refractivity contribution in [1.82, 2.24) is 5.32 Å². The van der Waals surface area contributed by atoms with Gasteiger partial charge in [0.15, 0.2) is 12.6 Å². The molecule has 0 aromatic heterocycles. The molecule has 46 heavy (non-hydrogen) atoms. The van der Waals surface area contributed by atoms with Crippen LogP contribution in [0.3, 0.4) is 0 Å². The summed E-state index contributed by atoms with van der Waals surface area (Å²) in [4.78, 5) is 11.9. The Morgan fingerprint density at radius 1 is 0.935 bits per heavy atom. The third-order valence-electron chi connectivity index (χ3n) is 8.40. The lowest BCUT2D eigenvalue weighted by molar-refractivity contribution is -0.248. The molecule has 0 radical (unpaired) electrons. The summed E-state index contributed by atoms with van der Waals surface area (Å²) < 4.78 is 26.6. The molecule has 0 spiro atoms. The molecule has 0 aromatic carbocycles. The van der Waals surface area contributed by atoms with Crippen LogP contribution in [-0.4, -0.2) is 162 Å². The molecule has 272 valence electrons. The molecule has 1 amide bonds. The topological polar surface area (TPSA) is 327 Å². The highest BCUT2D eigenvalue weighted by Gasteiger charge is 2.42. The standard InChI is InChI=1S/C15H29N3O6.C7H16N2O4.C6H13NO2/c16-4-3-11(20)15(22)18-8-5-10(17)14(21)12(6-8)24-13-2-1-9(7-19)23-13;1-12-7-4(9)6(11)5(10)3(2-8)13-7;7-4-6-3-5(8)1-2-9-6/h8-14,19-21H,1-7,16-17H2,(H,18,22);3-7,10-11H,2,8-9H2,1H3;5-6,8H,1-4,7H2/t8?,9?,10?,11?,12?,13?,14-;3-,4+,5+,6?,7-;5-,6?/m100/s1. The summed E-state index contributed by atoms with van der Waals surface area (Å²) in [5, 5.41) is 59.7. The maximum Gasteiger partial charge on any atom is 0.249 e. The normalized spacial score (nSPS) is 40.1. The van der Waals surface area contributed by atoms with Crippen LogP contribution < -0.4 is 34.0 Å². The monoisotopic (exact) mass is 670 g/mol. The fourth-order valence-corrected chi connectivity index (χ4v) is 5.59. The molecule has 18 heteroatoms. The van der Waals surface area contributed by atoms with Gasteiger partial charge in [0.05, 0.1) is 43.2 Å². The van der Waals surface area contributed by atoms with Crippen LogP contribution in [-0.2, 0) is 28.5 Å². The number of amides is 1. The van der Waals surface area contributed by atoms with Crippen molar-refractivity contribution >= 4 is 5.91 Å². The Morgan fingerprint density at radius 2 is 1.65 bits per heavy atom. The summed E-state index contributed by atoms with van der Waals surface area (Å²) in [5.74, 6) is -0.495. The molecule has 17 N–H and O–H groups in total. The summed E-state index contributed by atoms with van der Waals surface area (Å²) in [7, 11) is 1.42. The number of aliphatic hydroxyl groups excluding tert-OH is 6. The van der Waals surface area contributed by atoms with Gasteiger partial charge >= 0.3 is 0 Å². The zero-order valence-electron chi connectivity index (χ0n) is 26.6. The number of carbonyl (C=O) groups excluding carboxylic acids is 1. The van der Waals surface area contributed by atoms with E-state index < -0.39 is 67.2 Å². The number of hydrogen-bond acceptors (Lipinski definition) is 17. The van der Waals surface area contributed by atoms with Gasteiger partial charge in [-0.1, -0.05) is 0 Å². The first-order valence-corrected chi connectivity index (χ1v) is 15.9. The summed E-state index contributed by atoms with van der Waals surface area (Å²) in [5.41, 5.74) is 27.5. The van der Waals surface area contributed by atoms with E-state index in [4.69, 9.17) is 62.6 Å². The van der Waals surface area contributed by atoms with Crippen molar-refractivity contribution in [1.29, 1.82) is 0 Å². The van der Waals surface area contributed by atoms with E-state index in [9.17, 15) is 25.2 Å². The van der Waals surface area contributed by atoms with Crippen LogP contribution in [0.1, 0.15) is 44.9 Å². The highest BCUT2D eigenvalue weighted by molar-refractivity contribution is 5.80. The Bertz CT molecular complexity index is 835. The number of rotatable bonds is 10. The van der Waals surface area contributed by atoms with Crippen LogP contribution in [0, 0.1) is 0 Å². The number of nitrogens with one attached hydrogen (secondary N) is 1. The van der Waals surface area contributed by atoms with E-state index >= 15 is 0 Å². The minimum absolute atomic E-state index is 0.0652. The lowest BCUT2D eigenvalue weighted by atomic mass is 9.86. The van der Waals surface area contributed by atoms with Gasteiger partial charge in [-0.15, -0.1) is 0 Å². The van der Waals surface area contributed by atoms with Crippen molar-refractivity contribution in [2.75, 3.05) is 40.0 Å². The maximum atomic E-state index is 11.9. The third-order valence-corrected chi connectivity index (χ3v) is 8.40. The Balaban J connectivity index is 0.000000278. The van der Waals surface area contributed by atoms with Gasteiger partial charge in [0, 0.05) is 51.7 Å². The first-order chi connectivity index (χ1) is 21.9. The van der Waals surface area contributed by atoms with Crippen molar-refractivity contribution in [2.24, 2.45) is 28.7 Å². The van der Waals surface area contributed by atoms with Crippen molar-refractivity contribution in [3.63, 3.8) is 0 Å². The van der Waals surface area contributed by atoms with Crippen molar-refractivity contribution in [3.8, 4) is 0 Å². The second-order valence-corrected chi connectivity index (χ2v) is 12.0. The van der Waals surface area contributed by atoms with Gasteiger partial charge in [-0.2, -0.15) is 0 Å². The number of methoxy groups -OCH3 is 1. The molecule has 4 aliphatic rings. The highest BCUT2D eigenvalue weighted by atomic mass is 16.7. The minimum Gasteiger partial charge on any atom is -0.394 e. The fraction of sp³-hybridized carbons (Fsp3) is 0.964. The smallest absolute Gasteiger partial charge is 0.249 e. The molecule has 3 heterocycles. The first-order valence-electron chi connectivity index (χ1n) is 15.9. The van der Waals surface area contributed by atoms with Gasteiger partial charge in [0.25, 0.3) is 0 Å². The van der Waals surface area contributed by atoms with Crippen LogP contribution >= 0.6 is 0 Å². The maximum absolute atomic E-state index is 11.9. The first kappa shape index (κ1) is 41.0. The minimum atomic E-state index is -1.15. The average molecular weight is 671 g/mol. The van der Waals surface area contributed by atoms with Crippen LogP contribution in [0.25, 0.3) is 0 Å². The number of nitrogens with two attached hydrogens (primary N) is 5. The molecule has 0 aromatic rings. The number of hydrogen-bond donors (Lipinski definition) is 12. The third kappa shape index (κ3) is 12.7. The number of aliphatic hydroxyl groups is 6. The Hall–Kier alpha value is -1.17. The van der Waals surface area contributed by atoms with E-state index in [0.717, 1.165) is 6.42 Å². The molecule has 8 unspecified atom stereocenters. The molecule has 1 aliphatic carbocycles. The van der Waals surface area contributed by atoms with E-state index in [1.165, 1.54) is 7.11 Å². The molecule has 4 rings (SSSR count). The van der Waals surface area contributed by atoms with Gasteiger partial charge in [0.2, 0.25) is 5.91 Å². The SMILES string of the molecule is CO[C@H]1O[C@@H](CN)[C@@H](O)C(O)[C@H]1N.NCC1C[C@@H](O)CCO1.NCCC(O)C(=O)NC1CC(N)[C@@H](O)C(OC2CCC(CO)O2)C1. The van der Waals surface area contributed by atoms with Crippen molar-refractivity contribution in [3.05, 3.63) is 0 Å². The predicted molar refractivity (Wildman–Crippen MR) is 163 cm³/mol. The van der Waals surface area contributed by atoms with Crippen LogP contribution in [0.2, 0.25) is 0 Å². The molecular weight excluding hydrogens is 612 g/mol. The van der Waals surface area contributed by atoms with E-state index in [0.29, 0.717) is 45.3 Å². The highest BCUT2D eigenvalue weighted by Crippen LogP contribution is 2.28. The van der Waals surface area contributed by atoms with Gasteiger partial charge < -0.3 is 88.3 Å². The van der Waals surface area contributed by atoms with Gasteiger partial charge in [-0.05, 0) is 38.6 Å². The molecular formula is C28H58N6O12. The molecule has 4 fully saturated rings. The molecule has 1 saturated carbocycles. The van der Waals surface area contributed by atoms with Crippen LogP contribution in [0.4, 0.5) is 0 Å². The van der Waals surface area contributed by atoms with Gasteiger partial charge in [0.1, 0.15) is 24.4 Å². The van der Waals surface area contributed by atoms with Crippen LogP contribution in [0.15, 0.2) is 0 Å². The van der Waals surface area contributed by atoms with Crippen molar-refractivity contribution in [2.45, 2.75) is 131 Å². The predicted octanol–water partition coefficient (Wildman–Crippen LogP) is -5.60. The summed E-state index contributed by atoms with van der Waals surface area (Å²) >= 11 is 0. The Morgan fingerprint density at radius 3 is 2.20 bits per heavy atom. The zero-order valence-corrected chi connectivity index (χ0v) is 26.6. The van der Waals surface area contributed by atoms with Gasteiger partial charge in [-0.3, -0.25) is 4.79 Å². The summed E-state index contributed by atoms with van der Waals surface area (Å²) in [6.07, 6.45) is -3.12. The summed E-state index contributed by atoms with van der Waals surface area (Å²) in [6, 6.07) is -1.60. The largest absolute Gasteiger partial charge is 0.394 e.